The van der Waals surface area contributed by atoms with Crippen LogP contribution in [-0.2, 0) is 27.5 Å². The number of alkyl halides is 3. The molecule has 0 N–H and O–H groups in total. The molecule has 3 atom stereocenters. The highest BCUT2D eigenvalue weighted by Crippen LogP contribution is 2.36. The van der Waals surface area contributed by atoms with E-state index >= 15 is 0 Å². The molecule has 4 nitrogen and oxygen atoms in total. The first-order chi connectivity index (χ1) is 11.2. The highest BCUT2D eigenvalue weighted by atomic mass is 32.2. The zero-order chi connectivity index (χ0) is 17.5. The van der Waals surface area contributed by atoms with E-state index in [-0.39, 0.29) is 23.3 Å². The van der Waals surface area contributed by atoms with Crippen LogP contribution in [0.15, 0.2) is 24.3 Å². The minimum absolute atomic E-state index is 0.0236. The molecule has 0 aliphatic carbocycles. The van der Waals surface area contributed by atoms with Crippen LogP contribution >= 0.6 is 0 Å². The van der Waals surface area contributed by atoms with Crippen LogP contribution in [0.2, 0.25) is 0 Å². The summed E-state index contributed by atoms with van der Waals surface area (Å²) in [7, 11) is -1.60. The van der Waals surface area contributed by atoms with Gasteiger partial charge in [-0.25, -0.2) is 8.42 Å². The molecule has 1 aromatic carbocycles. The maximum atomic E-state index is 12.4. The van der Waals surface area contributed by atoms with Gasteiger partial charge in [0.1, 0.15) is 0 Å². The lowest BCUT2D eigenvalue weighted by Crippen LogP contribution is -2.28. The third-order valence-electron chi connectivity index (χ3n) is 4.86. The molecule has 0 saturated carbocycles. The zero-order valence-electron chi connectivity index (χ0n) is 13.3. The van der Waals surface area contributed by atoms with Crippen LogP contribution in [0.25, 0.3) is 0 Å². The van der Waals surface area contributed by atoms with Crippen LogP contribution in [0.4, 0.5) is 13.2 Å². The van der Waals surface area contributed by atoms with Crippen molar-refractivity contribution in [1.29, 1.82) is 0 Å². The van der Waals surface area contributed by atoms with Gasteiger partial charge in [0.25, 0.3) is 0 Å². The number of fused-ring (bicyclic) bond motifs is 1. The molecule has 3 rings (SSSR count). The molecule has 0 spiro atoms. The van der Waals surface area contributed by atoms with Gasteiger partial charge in [-0.15, -0.1) is 0 Å². The number of benzene rings is 1. The first-order valence-electron chi connectivity index (χ1n) is 7.79. The number of sulfone groups is 1. The summed E-state index contributed by atoms with van der Waals surface area (Å²) in [6.45, 7) is 1.62. The van der Waals surface area contributed by atoms with E-state index in [1.807, 2.05) is 4.90 Å². The van der Waals surface area contributed by atoms with E-state index in [0.29, 0.717) is 19.6 Å². The van der Waals surface area contributed by atoms with Gasteiger partial charge in [-0.05, 0) is 11.1 Å². The second-order valence-corrected chi connectivity index (χ2v) is 8.87. The number of methoxy groups -OCH3 is 1. The Hall–Kier alpha value is -1.12. The maximum absolute atomic E-state index is 12.4. The van der Waals surface area contributed by atoms with Crippen molar-refractivity contribution in [3.05, 3.63) is 35.4 Å². The van der Waals surface area contributed by atoms with Crippen LogP contribution in [0, 0.1) is 5.92 Å². The predicted octanol–water partition coefficient (Wildman–Crippen LogP) is 2.04. The Morgan fingerprint density at radius 2 is 1.79 bits per heavy atom. The van der Waals surface area contributed by atoms with E-state index < -0.39 is 27.7 Å². The van der Waals surface area contributed by atoms with E-state index in [1.54, 1.807) is 12.1 Å². The number of ether oxygens (including phenoxy) is 1. The number of hydrogen-bond donors (Lipinski definition) is 0. The number of halogens is 3. The number of nitrogens with zero attached hydrogens (tertiary/aromatic N) is 1. The van der Waals surface area contributed by atoms with Gasteiger partial charge in [-0.1, -0.05) is 24.3 Å². The van der Waals surface area contributed by atoms with Crippen LogP contribution in [-0.4, -0.2) is 56.8 Å². The van der Waals surface area contributed by atoms with Crippen LogP contribution in [0.5, 0.6) is 0 Å². The van der Waals surface area contributed by atoms with E-state index in [2.05, 4.69) is 0 Å². The van der Waals surface area contributed by atoms with E-state index in [4.69, 9.17) is 4.74 Å². The molecule has 24 heavy (non-hydrogen) atoms. The first kappa shape index (κ1) is 17.7. The molecule has 0 amide bonds. The van der Waals surface area contributed by atoms with Crippen molar-refractivity contribution in [2.24, 2.45) is 5.92 Å². The Morgan fingerprint density at radius 1 is 1.17 bits per heavy atom. The molecule has 0 bridgehead atoms. The van der Waals surface area contributed by atoms with Gasteiger partial charge >= 0.3 is 6.18 Å². The van der Waals surface area contributed by atoms with Gasteiger partial charge in [-0.3, -0.25) is 4.90 Å². The molecule has 2 aliphatic heterocycles. The van der Waals surface area contributed by atoms with E-state index in [9.17, 15) is 21.6 Å². The Labute approximate surface area is 139 Å². The van der Waals surface area contributed by atoms with Gasteiger partial charge in [0.2, 0.25) is 0 Å². The average molecular weight is 363 g/mol. The lowest BCUT2D eigenvalue weighted by molar-refractivity contribution is -0.127. The molecular weight excluding hydrogens is 343 g/mol. The molecule has 0 aromatic heterocycles. The fourth-order valence-electron chi connectivity index (χ4n) is 3.72. The maximum Gasteiger partial charge on any atom is 0.393 e. The summed E-state index contributed by atoms with van der Waals surface area (Å²) >= 11 is 0. The third kappa shape index (κ3) is 3.75. The summed E-state index contributed by atoms with van der Waals surface area (Å²) in [4.78, 5) is 2.04. The summed E-state index contributed by atoms with van der Waals surface area (Å²) in [5, 5.41) is -0.396. The highest BCUT2D eigenvalue weighted by molar-refractivity contribution is 7.92. The molecule has 2 fully saturated rings. The second kappa shape index (κ2) is 6.31. The van der Waals surface area contributed by atoms with Gasteiger partial charge < -0.3 is 4.74 Å². The van der Waals surface area contributed by atoms with Crippen molar-refractivity contribution in [1.82, 2.24) is 4.90 Å². The average Bonchev–Trinajstić information content (AvgIpc) is 2.99. The number of rotatable bonds is 4. The highest BCUT2D eigenvalue weighted by Gasteiger charge is 2.52. The van der Waals surface area contributed by atoms with Crippen molar-refractivity contribution in [3.63, 3.8) is 0 Å². The Balaban J connectivity index is 1.64. The normalized spacial score (nSPS) is 29.8. The van der Waals surface area contributed by atoms with Crippen molar-refractivity contribution in [3.8, 4) is 0 Å². The fourth-order valence-corrected chi connectivity index (χ4v) is 6.04. The smallest absolute Gasteiger partial charge is 0.380 e. The molecule has 134 valence electrons. The van der Waals surface area contributed by atoms with E-state index in [1.165, 1.54) is 19.2 Å². The lowest BCUT2D eigenvalue weighted by atomic mass is 10.0. The van der Waals surface area contributed by atoms with Gasteiger partial charge in [0.15, 0.2) is 9.84 Å². The van der Waals surface area contributed by atoms with Crippen LogP contribution in [0.1, 0.15) is 11.1 Å². The predicted molar refractivity (Wildman–Crippen MR) is 83.3 cm³/mol. The summed E-state index contributed by atoms with van der Waals surface area (Å²) in [6, 6.07) is 6.32. The van der Waals surface area contributed by atoms with Crippen molar-refractivity contribution in [2.45, 2.75) is 30.5 Å². The first-order valence-corrected chi connectivity index (χ1v) is 9.51. The summed E-state index contributed by atoms with van der Waals surface area (Å²) in [5.74, 6) is 0.0585. The molecular formula is C16H20F3NO3S. The molecule has 2 heterocycles. The van der Waals surface area contributed by atoms with Crippen molar-refractivity contribution >= 4 is 9.84 Å². The molecule has 0 unspecified atom stereocenters. The van der Waals surface area contributed by atoms with Crippen LogP contribution in [0.3, 0.4) is 0 Å². The minimum atomic E-state index is -4.21. The third-order valence-corrected chi connectivity index (χ3v) is 7.07. The van der Waals surface area contributed by atoms with Gasteiger partial charge in [-0.2, -0.15) is 13.2 Å². The minimum Gasteiger partial charge on any atom is -0.380 e. The van der Waals surface area contributed by atoms with Gasteiger partial charge in [0.05, 0.1) is 23.5 Å². The molecule has 1 aromatic rings. The Bertz CT molecular complexity index is 688. The summed E-state index contributed by atoms with van der Waals surface area (Å²) in [6.07, 6.45) is -5.41. The standard InChI is InChI=1S/C16H20F3NO3S/c1-23-14-10-24(21,22)15-9-20(8-13(14)15)7-12-4-2-11(3-5-12)6-16(17,18)19/h2-5,13-15H,6-10H2,1H3/t13-,14+,15-/m0/s1. The lowest BCUT2D eigenvalue weighted by Gasteiger charge is -2.19. The second-order valence-electron chi connectivity index (χ2n) is 6.61. The largest absolute Gasteiger partial charge is 0.393 e. The molecule has 0 radical (unpaired) electrons. The molecule has 8 heteroatoms. The fraction of sp³-hybridized carbons (Fsp3) is 0.625. The Morgan fingerprint density at radius 3 is 2.38 bits per heavy atom. The topological polar surface area (TPSA) is 46.6 Å². The Kier molecular flexibility index (Phi) is 4.65. The SMILES string of the molecule is CO[C@@H]1CS(=O)(=O)[C@H]2CN(Cc3ccc(CC(F)(F)F)cc3)C[C@@H]12. The van der Waals surface area contributed by atoms with Crippen molar-refractivity contribution in [2.75, 3.05) is 26.0 Å². The zero-order valence-corrected chi connectivity index (χ0v) is 14.1. The van der Waals surface area contributed by atoms with Gasteiger partial charge in [0, 0.05) is 32.7 Å². The quantitative estimate of drug-likeness (QED) is 0.821. The molecule has 2 saturated heterocycles. The molecule has 2 aliphatic rings. The summed E-state index contributed by atoms with van der Waals surface area (Å²) in [5.41, 5.74) is 1.11. The number of hydrogen-bond acceptors (Lipinski definition) is 4. The summed E-state index contributed by atoms with van der Waals surface area (Å²) < 4.78 is 66.8. The number of likely N-dealkylation sites (tertiary alicyclic amines) is 1. The monoisotopic (exact) mass is 363 g/mol. The van der Waals surface area contributed by atoms with Crippen LogP contribution < -0.4 is 0 Å². The van der Waals surface area contributed by atoms with E-state index in [0.717, 1.165) is 5.56 Å². The van der Waals surface area contributed by atoms with Crippen molar-refractivity contribution < 1.29 is 26.3 Å².